The first-order valence-corrected chi connectivity index (χ1v) is 4.09. The van der Waals surface area contributed by atoms with Gasteiger partial charge < -0.3 is 10.4 Å². The summed E-state index contributed by atoms with van der Waals surface area (Å²) in [6.45, 7) is 0. The molecule has 0 unspecified atom stereocenters. The van der Waals surface area contributed by atoms with E-state index in [9.17, 15) is 18.7 Å². The van der Waals surface area contributed by atoms with E-state index in [1.54, 1.807) is 0 Å². The van der Waals surface area contributed by atoms with Gasteiger partial charge in [0.05, 0.1) is 5.69 Å². The van der Waals surface area contributed by atoms with E-state index in [1.165, 1.54) is 0 Å². The minimum atomic E-state index is -1.16. The van der Waals surface area contributed by atoms with E-state index in [1.807, 2.05) is 0 Å². The molecule has 2 N–H and O–H groups in total. The number of nitrogens with one attached hydrogen (secondary N) is 1. The second-order valence-electron chi connectivity index (χ2n) is 3.09. The molecular weight excluding hydrogens is 192 g/mol. The van der Waals surface area contributed by atoms with Gasteiger partial charge in [-0.15, -0.1) is 0 Å². The van der Waals surface area contributed by atoms with Crippen molar-refractivity contribution >= 4 is 11.6 Å². The van der Waals surface area contributed by atoms with E-state index in [2.05, 4.69) is 5.32 Å². The van der Waals surface area contributed by atoms with Crippen molar-refractivity contribution in [2.45, 2.75) is 12.8 Å². The summed E-state index contributed by atoms with van der Waals surface area (Å²) in [5.41, 5.74) is 0.0160. The van der Waals surface area contributed by atoms with Gasteiger partial charge in [-0.05, 0) is 6.42 Å². The molecule has 1 aromatic rings. The van der Waals surface area contributed by atoms with Crippen LogP contribution in [0.1, 0.15) is 12.0 Å². The highest BCUT2D eigenvalue weighted by molar-refractivity contribution is 5.94. The molecule has 1 amide bonds. The van der Waals surface area contributed by atoms with Gasteiger partial charge in [0.25, 0.3) is 0 Å². The molecule has 3 nitrogen and oxygen atoms in total. The van der Waals surface area contributed by atoms with Gasteiger partial charge in [0.1, 0.15) is 5.75 Å². The summed E-state index contributed by atoms with van der Waals surface area (Å²) in [5, 5.41) is 11.5. The van der Waals surface area contributed by atoms with E-state index >= 15 is 0 Å². The van der Waals surface area contributed by atoms with Crippen LogP contribution < -0.4 is 5.32 Å². The molecule has 0 radical (unpaired) electrons. The fourth-order valence-electron chi connectivity index (χ4n) is 1.47. The maximum atomic E-state index is 13.1. The lowest BCUT2D eigenvalue weighted by atomic mass is 10.0. The van der Waals surface area contributed by atoms with Crippen molar-refractivity contribution in [3.8, 4) is 5.75 Å². The maximum absolute atomic E-state index is 13.1. The molecule has 0 bridgehead atoms. The second-order valence-corrected chi connectivity index (χ2v) is 3.09. The molecular formula is C9H7F2NO2. The largest absolute Gasteiger partial charge is 0.507 e. The number of carbonyl (C=O) groups excluding carboxylic acids is 1. The third-order valence-corrected chi connectivity index (χ3v) is 2.17. The highest BCUT2D eigenvalue weighted by Gasteiger charge is 2.24. The quantitative estimate of drug-likeness (QED) is 0.666. The highest BCUT2D eigenvalue weighted by Crippen LogP contribution is 2.34. The van der Waals surface area contributed by atoms with Crippen LogP contribution in [0, 0.1) is 11.6 Å². The number of phenols is 1. The second kappa shape index (κ2) is 2.94. The van der Waals surface area contributed by atoms with Crippen LogP contribution in [0.2, 0.25) is 0 Å². The Morgan fingerprint density at radius 3 is 2.79 bits per heavy atom. The minimum Gasteiger partial charge on any atom is -0.507 e. The van der Waals surface area contributed by atoms with Crippen LogP contribution in [0.15, 0.2) is 6.07 Å². The number of halogens is 2. The average Bonchev–Trinajstić information content (AvgIpc) is 2.14. The summed E-state index contributed by atoms with van der Waals surface area (Å²) in [6.07, 6.45) is 0.399. The number of hydrogen-bond donors (Lipinski definition) is 2. The van der Waals surface area contributed by atoms with Gasteiger partial charge in [0.15, 0.2) is 11.6 Å². The molecule has 1 aliphatic heterocycles. The molecule has 0 saturated carbocycles. The van der Waals surface area contributed by atoms with Crippen LogP contribution >= 0.6 is 0 Å². The summed E-state index contributed by atoms with van der Waals surface area (Å²) in [6, 6.07) is 0.714. The van der Waals surface area contributed by atoms with Crippen LogP contribution in [0.5, 0.6) is 5.75 Å². The molecule has 0 aliphatic carbocycles. The Bertz CT molecular complexity index is 418. The van der Waals surface area contributed by atoms with Gasteiger partial charge in [-0.1, -0.05) is 0 Å². The minimum absolute atomic E-state index is 0.172. The highest BCUT2D eigenvalue weighted by atomic mass is 19.2. The number of carbonyl (C=O) groups is 1. The Labute approximate surface area is 78.4 Å². The molecule has 0 spiro atoms. The molecule has 5 heteroatoms. The number of fused-ring (bicyclic) bond motifs is 1. The van der Waals surface area contributed by atoms with Gasteiger partial charge >= 0.3 is 0 Å². The van der Waals surface area contributed by atoms with Crippen molar-refractivity contribution in [1.82, 2.24) is 0 Å². The van der Waals surface area contributed by atoms with Crippen LogP contribution in [0.4, 0.5) is 14.5 Å². The molecule has 0 atom stereocenters. The van der Waals surface area contributed by atoms with Crippen molar-refractivity contribution in [3.05, 3.63) is 23.3 Å². The Morgan fingerprint density at radius 2 is 2.07 bits per heavy atom. The predicted octanol–water partition coefficient (Wildman–Crippen LogP) is 1.56. The van der Waals surface area contributed by atoms with Gasteiger partial charge in [0.2, 0.25) is 5.91 Å². The van der Waals surface area contributed by atoms with Gasteiger partial charge in [-0.2, -0.15) is 0 Å². The van der Waals surface area contributed by atoms with E-state index in [0.717, 1.165) is 0 Å². The number of aromatic hydroxyl groups is 1. The lowest BCUT2D eigenvalue weighted by molar-refractivity contribution is -0.116. The zero-order valence-electron chi connectivity index (χ0n) is 7.10. The summed E-state index contributed by atoms with van der Waals surface area (Å²) in [5.74, 6) is -2.98. The van der Waals surface area contributed by atoms with Crippen molar-refractivity contribution in [2.75, 3.05) is 5.32 Å². The summed E-state index contributed by atoms with van der Waals surface area (Å²) in [4.78, 5) is 10.9. The Kier molecular flexibility index (Phi) is 1.87. The first-order valence-electron chi connectivity index (χ1n) is 4.09. The smallest absolute Gasteiger partial charge is 0.224 e. The van der Waals surface area contributed by atoms with E-state index in [0.29, 0.717) is 6.07 Å². The van der Waals surface area contributed by atoms with Crippen LogP contribution in [0.25, 0.3) is 0 Å². The Hall–Kier alpha value is -1.65. The van der Waals surface area contributed by atoms with E-state index in [4.69, 9.17) is 0 Å². The lowest BCUT2D eigenvalue weighted by Crippen LogP contribution is -2.20. The standard InChI is InChI=1S/C9H7F2NO2/c10-5-3-6(13)4-1-2-7(14)12-9(4)8(5)11/h3,13H,1-2H2,(H,12,14). The number of anilines is 1. The number of phenolic OH excluding ortho intramolecular Hbond substituents is 1. The Morgan fingerprint density at radius 1 is 1.36 bits per heavy atom. The van der Waals surface area contributed by atoms with Gasteiger partial charge in [-0.3, -0.25) is 4.79 Å². The topological polar surface area (TPSA) is 49.3 Å². The fraction of sp³-hybridized carbons (Fsp3) is 0.222. The maximum Gasteiger partial charge on any atom is 0.224 e. The monoisotopic (exact) mass is 199 g/mol. The first kappa shape index (κ1) is 8.93. The SMILES string of the molecule is O=C1CCc2c(O)cc(F)c(F)c2N1. The molecule has 1 aliphatic rings. The average molecular weight is 199 g/mol. The number of rotatable bonds is 0. The van der Waals surface area contributed by atoms with Crippen LogP contribution in [-0.4, -0.2) is 11.0 Å². The molecule has 0 aromatic heterocycles. The number of hydrogen-bond acceptors (Lipinski definition) is 2. The third kappa shape index (κ3) is 1.21. The van der Waals surface area contributed by atoms with E-state index < -0.39 is 11.6 Å². The van der Waals surface area contributed by atoms with Crippen molar-refractivity contribution < 1.29 is 18.7 Å². The lowest BCUT2D eigenvalue weighted by Gasteiger charge is -2.18. The van der Waals surface area contributed by atoms with Crippen LogP contribution in [0.3, 0.4) is 0 Å². The zero-order chi connectivity index (χ0) is 10.3. The first-order chi connectivity index (χ1) is 6.59. The molecule has 74 valence electrons. The van der Waals surface area contributed by atoms with Crippen molar-refractivity contribution in [3.63, 3.8) is 0 Å². The Balaban J connectivity index is 2.63. The van der Waals surface area contributed by atoms with Crippen LogP contribution in [-0.2, 0) is 11.2 Å². The molecule has 14 heavy (non-hydrogen) atoms. The molecule has 1 heterocycles. The summed E-state index contributed by atoms with van der Waals surface area (Å²) >= 11 is 0. The summed E-state index contributed by atoms with van der Waals surface area (Å²) in [7, 11) is 0. The zero-order valence-corrected chi connectivity index (χ0v) is 7.10. The summed E-state index contributed by atoms with van der Waals surface area (Å²) < 4.78 is 25.9. The number of amides is 1. The van der Waals surface area contributed by atoms with Crippen molar-refractivity contribution in [1.29, 1.82) is 0 Å². The molecule has 0 fully saturated rings. The normalized spacial score (nSPS) is 14.9. The van der Waals surface area contributed by atoms with Crippen molar-refractivity contribution in [2.24, 2.45) is 0 Å². The molecule has 0 saturated heterocycles. The van der Waals surface area contributed by atoms with E-state index in [-0.39, 0.29) is 35.7 Å². The predicted molar refractivity (Wildman–Crippen MR) is 45.0 cm³/mol. The molecule has 2 rings (SSSR count). The molecule has 1 aromatic carbocycles. The number of benzene rings is 1. The fourth-order valence-corrected chi connectivity index (χ4v) is 1.47. The van der Waals surface area contributed by atoms with Gasteiger partial charge in [-0.25, -0.2) is 8.78 Å². The third-order valence-electron chi connectivity index (χ3n) is 2.17. The van der Waals surface area contributed by atoms with Gasteiger partial charge in [0, 0.05) is 18.1 Å².